The van der Waals surface area contributed by atoms with E-state index in [0.29, 0.717) is 0 Å². The van der Waals surface area contributed by atoms with Crippen LogP contribution >= 0.6 is 22.6 Å². The highest BCUT2D eigenvalue weighted by Gasteiger charge is 2.09. The molecule has 0 unspecified atom stereocenters. The van der Waals surface area contributed by atoms with Crippen LogP contribution in [0.3, 0.4) is 0 Å². The van der Waals surface area contributed by atoms with E-state index in [0.717, 1.165) is 3.57 Å². The number of halogens is 2. The van der Waals surface area contributed by atoms with E-state index in [1.807, 2.05) is 0 Å². The van der Waals surface area contributed by atoms with Gasteiger partial charge in [0.2, 0.25) is 0 Å². The van der Waals surface area contributed by atoms with Crippen LogP contribution in [0.4, 0.5) is 10.1 Å². The molecule has 1 aromatic heterocycles. The molecule has 4 nitrogen and oxygen atoms in total. The van der Waals surface area contributed by atoms with Crippen LogP contribution in [0.2, 0.25) is 0 Å². The summed E-state index contributed by atoms with van der Waals surface area (Å²) in [5, 5.41) is 0. The molecule has 0 bridgehead atoms. The summed E-state index contributed by atoms with van der Waals surface area (Å²) < 4.78 is 19.4. The molecule has 0 atom stereocenters. The fourth-order valence-corrected chi connectivity index (χ4v) is 1.36. The molecule has 0 aliphatic carbocycles. The highest BCUT2D eigenvalue weighted by atomic mass is 127. The van der Waals surface area contributed by atoms with Gasteiger partial charge < -0.3 is 10.5 Å². The molecule has 1 aromatic carbocycles. The zero-order chi connectivity index (χ0) is 11.5. The molecule has 0 saturated carbocycles. The van der Waals surface area contributed by atoms with Crippen LogP contribution < -0.4 is 10.5 Å². The van der Waals surface area contributed by atoms with Gasteiger partial charge in [-0.25, -0.2) is 14.4 Å². The van der Waals surface area contributed by atoms with Crippen LogP contribution in [0.25, 0.3) is 0 Å². The molecule has 0 saturated heterocycles. The maximum atomic E-state index is 13.4. The standard InChI is InChI=1S/C10H7FIN3O/c11-7-2-1-3-8(13)9(7)16-10-14-4-6(12)5-15-10/h1-5H,13H2. The Morgan fingerprint density at radius 1 is 1.25 bits per heavy atom. The summed E-state index contributed by atoms with van der Waals surface area (Å²) in [7, 11) is 0. The summed E-state index contributed by atoms with van der Waals surface area (Å²) in [6, 6.07) is 4.38. The van der Waals surface area contributed by atoms with Crippen LogP contribution in [0.1, 0.15) is 0 Å². The van der Waals surface area contributed by atoms with Gasteiger partial charge in [-0.3, -0.25) is 0 Å². The number of nitrogens with zero attached hydrogens (tertiary/aromatic N) is 2. The Labute approximate surface area is 105 Å². The number of nitrogen functional groups attached to an aromatic ring is 1. The summed E-state index contributed by atoms with van der Waals surface area (Å²) >= 11 is 2.06. The number of aromatic nitrogens is 2. The van der Waals surface area contributed by atoms with Crippen molar-refractivity contribution in [1.82, 2.24) is 9.97 Å². The second kappa shape index (κ2) is 4.60. The van der Waals surface area contributed by atoms with Crippen molar-refractivity contribution in [3.8, 4) is 11.8 Å². The number of benzene rings is 1. The lowest BCUT2D eigenvalue weighted by Crippen LogP contribution is -1.98. The predicted molar refractivity (Wildman–Crippen MR) is 65.6 cm³/mol. The SMILES string of the molecule is Nc1cccc(F)c1Oc1ncc(I)cn1. The van der Waals surface area contributed by atoms with Gasteiger partial charge in [0.25, 0.3) is 0 Å². The molecular formula is C10H7FIN3O. The van der Waals surface area contributed by atoms with Gasteiger partial charge in [0, 0.05) is 16.0 Å². The third-order valence-electron chi connectivity index (χ3n) is 1.79. The Morgan fingerprint density at radius 3 is 2.56 bits per heavy atom. The van der Waals surface area contributed by atoms with Gasteiger partial charge in [-0.2, -0.15) is 0 Å². The molecule has 2 N–H and O–H groups in total. The highest BCUT2D eigenvalue weighted by molar-refractivity contribution is 14.1. The van der Waals surface area contributed by atoms with E-state index < -0.39 is 5.82 Å². The maximum absolute atomic E-state index is 13.4. The largest absolute Gasteiger partial charge is 0.419 e. The smallest absolute Gasteiger partial charge is 0.322 e. The fourth-order valence-electron chi connectivity index (χ4n) is 1.08. The van der Waals surface area contributed by atoms with Crippen molar-refractivity contribution in [2.75, 3.05) is 5.73 Å². The van der Waals surface area contributed by atoms with Crippen molar-refractivity contribution in [3.63, 3.8) is 0 Å². The number of hydrogen-bond acceptors (Lipinski definition) is 4. The molecule has 0 amide bonds. The average molecular weight is 331 g/mol. The van der Waals surface area contributed by atoms with Crippen LogP contribution in [0, 0.1) is 9.39 Å². The monoisotopic (exact) mass is 331 g/mol. The van der Waals surface area contributed by atoms with Crippen molar-refractivity contribution >= 4 is 28.3 Å². The Morgan fingerprint density at radius 2 is 1.94 bits per heavy atom. The van der Waals surface area contributed by atoms with Crippen molar-refractivity contribution in [1.29, 1.82) is 0 Å². The van der Waals surface area contributed by atoms with Crippen molar-refractivity contribution in [2.45, 2.75) is 0 Å². The summed E-state index contributed by atoms with van der Waals surface area (Å²) in [6.07, 6.45) is 3.14. The van der Waals surface area contributed by atoms with Gasteiger partial charge in [-0.15, -0.1) is 0 Å². The zero-order valence-corrected chi connectivity index (χ0v) is 10.2. The predicted octanol–water partition coefficient (Wildman–Crippen LogP) is 2.59. The zero-order valence-electron chi connectivity index (χ0n) is 8.02. The molecule has 2 rings (SSSR count). The number of rotatable bonds is 2. The highest BCUT2D eigenvalue weighted by Crippen LogP contribution is 2.28. The van der Waals surface area contributed by atoms with Crippen LogP contribution in [-0.4, -0.2) is 9.97 Å². The molecule has 0 aliphatic heterocycles. The summed E-state index contributed by atoms with van der Waals surface area (Å²) in [6.45, 7) is 0. The lowest BCUT2D eigenvalue weighted by Gasteiger charge is -2.06. The lowest BCUT2D eigenvalue weighted by atomic mass is 10.3. The molecule has 82 valence electrons. The number of hydrogen-bond donors (Lipinski definition) is 1. The van der Waals surface area contributed by atoms with E-state index in [-0.39, 0.29) is 17.4 Å². The van der Waals surface area contributed by atoms with Crippen LogP contribution in [-0.2, 0) is 0 Å². The maximum Gasteiger partial charge on any atom is 0.322 e. The molecule has 16 heavy (non-hydrogen) atoms. The number of para-hydroxylation sites is 1. The lowest BCUT2D eigenvalue weighted by molar-refractivity contribution is 0.413. The van der Waals surface area contributed by atoms with Gasteiger partial charge in [0.05, 0.1) is 5.69 Å². The number of ether oxygens (including phenoxy) is 1. The summed E-state index contributed by atoms with van der Waals surface area (Å²) in [4.78, 5) is 7.79. The van der Waals surface area contributed by atoms with E-state index >= 15 is 0 Å². The Balaban J connectivity index is 2.30. The van der Waals surface area contributed by atoms with Gasteiger partial charge in [0.1, 0.15) is 0 Å². The van der Waals surface area contributed by atoms with E-state index in [1.165, 1.54) is 12.1 Å². The van der Waals surface area contributed by atoms with E-state index in [1.54, 1.807) is 18.5 Å². The summed E-state index contributed by atoms with van der Waals surface area (Å²) in [5.74, 6) is -0.592. The van der Waals surface area contributed by atoms with Gasteiger partial charge in [0.15, 0.2) is 11.6 Å². The first-order chi connectivity index (χ1) is 7.66. The molecule has 0 spiro atoms. The number of anilines is 1. The second-order valence-electron chi connectivity index (χ2n) is 2.94. The minimum atomic E-state index is -0.540. The molecule has 0 fully saturated rings. The molecular weight excluding hydrogens is 324 g/mol. The fraction of sp³-hybridized carbons (Fsp3) is 0. The van der Waals surface area contributed by atoms with Crippen molar-refractivity contribution in [3.05, 3.63) is 40.0 Å². The first kappa shape index (κ1) is 11.1. The molecule has 1 heterocycles. The van der Waals surface area contributed by atoms with Gasteiger partial charge >= 0.3 is 6.01 Å². The third-order valence-corrected chi connectivity index (χ3v) is 2.34. The topological polar surface area (TPSA) is 61.0 Å². The second-order valence-corrected chi connectivity index (χ2v) is 4.19. The van der Waals surface area contributed by atoms with Crippen LogP contribution in [0.5, 0.6) is 11.8 Å². The Bertz CT molecular complexity index is 484. The van der Waals surface area contributed by atoms with Crippen molar-refractivity contribution in [2.24, 2.45) is 0 Å². The first-order valence-electron chi connectivity index (χ1n) is 4.36. The first-order valence-corrected chi connectivity index (χ1v) is 5.44. The van der Waals surface area contributed by atoms with Crippen LogP contribution in [0.15, 0.2) is 30.6 Å². The van der Waals surface area contributed by atoms with E-state index in [9.17, 15) is 4.39 Å². The Hall–Kier alpha value is -1.44. The van der Waals surface area contributed by atoms with E-state index in [4.69, 9.17) is 10.5 Å². The Kier molecular flexibility index (Phi) is 3.18. The van der Waals surface area contributed by atoms with Gasteiger partial charge in [-0.1, -0.05) is 6.07 Å². The van der Waals surface area contributed by atoms with Gasteiger partial charge in [-0.05, 0) is 34.7 Å². The molecule has 6 heteroatoms. The minimum Gasteiger partial charge on any atom is -0.419 e. The third kappa shape index (κ3) is 2.38. The minimum absolute atomic E-state index is 0.0521. The molecule has 0 aliphatic rings. The van der Waals surface area contributed by atoms with E-state index in [2.05, 4.69) is 32.6 Å². The average Bonchev–Trinajstić information content (AvgIpc) is 2.26. The summed E-state index contributed by atoms with van der Waals surface area (Å²) in [5.41, 5.74) is 5.79. The molecule has 0 radical (unpaired) electrons. The normalized spacial score (nSPS) is 10.1. The van der Waals surface area contributed by atoms with Crippen molar-refractivity contribution < 1.29 is 9.13 Å². The molecule has 2 aromatic rings. The quantitative estimate of drug-likeness (QED) is 0.679. The number of nitrogens with two attached hydrogens (primary N) is 1.